The Morgan fingerprint density at radius 2 is 2.35 bits per heavy atom. The molecule has 1 unspecified atom stereocenters. The lowest BCUT2D eigenvalue weighted by Crippen LogP contribution is -2.20. The maximum Gasteiger partial charge on any atom is 0.182 e. The summed E-state index contributed by atoms with van der Waals surface area (Å²) in [5, 5.41) is 4.10. The molecule has 0 amide bonds. The van der Waals surface area contributed by atoms with Crippen molar-refractivity contribution in [3.63, 3.8) is 0 Å². The average Bonchev–Trinajstić information content (AvgIpc) is 3.10. The lowest BCUT2D eigenvalue weighted by Gasteiger charge is -2.14. The van der Waals surface area contributed by atoms with Crippen LogP contribution >= 0.6 is 11.3 Å². The largest absolute Gasteiger partial charge is 0.365 e. The van der Waals surface area contributed by atoms with Crippen molar-refractivity contribution in [2.45, 2.75) is 19.4 Å². The minimum Gasteiger partial charge on any atom is -0.365 e. The zero-order valence-electron chi connectivity index (χ0n) is 11.7. The van der Waals surface area contributed by atoms with Gasteiger partial charge in [0.25, 0.3) is 0 Å². The molecule has 0 spiro atoms. The van der Waals surface area contributed by atoms with Crippen LogP contribution in [0.2, 0.25) is 0 Å². The molecule has 0 saturated carbocycles. The molecule has 0 bridgehead atoms. The molecule has 3 heterocycles. The second-order valence-electron chi connectivity index (χ2n) is 5.30. The second-order valence-corrected chi connectivity index (χ2v) is 6.41. The summed E-state index contributed by atoms with van der Waals surface area (Å²) in [4.78, 5) is 12.6. The molecule has 1 aliphatic rings. The lowest BCUT2D eigenvalue weighted by molar-refractivity contribution is 0.318. The van der Waals surface area contributed by atoms with Gasteiger partial charge in [-0.3, -0.25) is 9.88 Å². The minimum atomic E-state index is 0.738. The monoisotopic (exact) mass is 288 g/mol. The first-order valence-electron chi connectivity index (χ1n) is 7.08. The third-order valence-corrected chi connectivity index (χ3v) is 4.74. The minimum absolute atomic E-state index is 0.738. The Morgan fingerprint density at radius 3 is 3.10 bits per heavy atom. The van der Waals surface area contributed by atoms with Crippen LogP contribution in [0.15, 0.2) is 30.6 Å². The Balaban J connectivity index is 1.52. The topological polar surface area (TPSA) is 41.1 Å². The van der Waals surface area contributed by atoms with E-state index in [0.717, 1.165) is 24.0 Å². The molecule has 1 aliphatic heterocycles. The Labute approximate surface area is 123 Å². The number of likely N-dealkylation sites (tertiary alicyclic amines) is 1. The highest BCUT2D eigenvalue weighted by Gasteiger charge is 2.23. The zero-order chi connectivity index (χ0) is 13.8. The van der Waals surface area contributed by atoms with Crippen LogP contribution in [0.25, 0.3) is 0 Å². The summed E-state index contributed by atoms with van der Waals surface area (Å²) in [6.45, 7) is 3.38. The first kappa shape index (κ1) is 13.5. The summed E-state index contributed by atoms with van der Waals surface area (Å²) in [7, 11) is 1.92. The lowest BCUT2D eigenvalue weighted by atomic mass is 10.0. The van der Waals surface area contributed by atoms with E-state index >= 15 is 0 Å². The Kier molecular flexibility index (Phi) is 4.28. The van der Waals surface area contributed by atoms with Gasteiger partial charge in [-0.2, -0.15) is 0 Å². The molecule has 0 aromatic carbocycles. The van der Waals surface area contributed by atoms with Gasteiger partial charge < -0.3 is 5.32 Å². The van der Waals surface area contributed by atoms with Crippen LogP contribution in [0.1, 0.15) is 17.0 Å². The van der Waals surface area contributed by atoms with Crippen molar-refractivity contribution in [2.75, 3.05) is 25.5 Å². The third-order valence-electron chi connectivity index (χ3n) is 3.74. The zero-order valence-corrected chi connectivity index (χ0v) is 12.6. The van der Waals surface area contributed by atoms with E-state index in [1.165, 1.54) is 30.1 Å². The van der Waals surface area contributed by atoms with E-state index in [1.54, 1.807) is 11.3 Å². The van der Waals surface area contributed by atoms with Gasteiger partial charge in [0.15, 0.2) is 5.13 Å². The van der Waals surface area contributed by atoms with Gasteiger partial charge in [-0.05, 0) is 37.4 Å². The Bertz CT molecular complexity index is 540. The van der Waals surface area contributed by atoms with E-state index in [0.29, 0.717) is 0 Å². The molecule has 3 rings (SSSR count). The van der Waals surface area contributed by atoms with Crippen molar-refractivity contribution < 1.29 is 0 Å². The molecule has 4 nitrogen and oxygen atoms in total. The Morgan fingerprint density at radius 1 is 1.40 bits per heavy atom. The molecule has 5 heteroatoms. The maximum atomic E-state index is 4.43. The van der Waals surface area contributed by atoms with Crippen molar-refractivity contribution >= 4 is 16.5 Å². The second kappa shape index (κ2) is 6.33. The van der Waals surface area contributed by atoms with Gasteiger partial charge >= 0.3 is 0 Å². The molecule has 20 heavy (non-hydrogen) atoms. The smallest absolute Gasteiger partial charge is 0.182 e. The number of rotatable bonds is 5. The number of pyridine rings is 1. The predicted octanol–water partition coefficient (Wildman–Crippen LogP) is 2.64. The summed E-state index contributed by atoms with van der Waals surface area (Å²) >= 11 is 1.75. The maximum absolute atomic E-state index is 4.43. The van der Waals surface area contributed by atoms with Crippen molar-refractivity contribution in [3.8, 4) is 0 Å². The first-order chi connectivity index (χ1) is 9.83. The average molecular weight is 288 g/mol. The molecule has 0 radical (unpaired) electrons. The van der Waals surface area contributed by atoms with Gasteiger partial charge in [-0.15, -0.1) is 11.3 Å². The van der Waals surface area contributed by atoms with Crippen LogP contribution in [0.5, 0.6) is 0 Å². The van der Waals surface area contributed by atoms with Crippen LogP contribution in [-0.4, -0.2) is 35.0 Å². The van der Waals surface area contributed by atoms with Gasteiger partial charge in [0.1, 0.15) is 0 Å². The fourth-order valence-corrected chi connectivity index (χ4v) is 3.56. The first-order valence-corrected chi connectivity index (χ1v) is 7.90. The van der Waals surface area contributed by atoms with E-state index in [4.69, 9.17) is 0 Å². The predicted molar refractivity (Wildman–Crippen MR) is 83.0 cm³/mol. The number of hydrogen-bond acceptors (Lipinski definition) is 5. The molecular formula is C15H20N4S. The van der Waals surface area contributed by atoms with Crippen LogP contribution < -0.4 is 5.32 Å². The van der Waals surface area contributed by atoms with Crippen molar-refractivity contribution in [3.05, 3.63) is 41.2 Å². The van der Waals surface area contributed by atoms with Gasteiger partial charge in [-0.25, -0.2) is 4.98 Å². The fraction of sp³-hybridized carbons (Fsp3) is 0.467. The molecular weight excluding hydrogens is 268 g/mol. The quantitative estimate of drug-likeness (QED) is 0.918. The van der Waals surface area contributed by atoms with E-state index in [9.17, 15) is 0 Å². The summed E-state index contributed by atoms with van der Waals surface area (Å²) < 4.78 is 0. The highest BCUT2D eigenvalue weighted by atomic mass is 32.1. The number of anilines is 1. The molecule has 1 fully saturated rings. The number of nitrogens with one attached hydrogen (secondary N) is 1. The molecule has 106 valence electrons. The molecule has 2 aromatic heterocycles. The van der Waals surface area contributed by atoms with E-state index in [2.05, 4.69) is 32.3 Å². The number of hydrogen-bond donors (Lipinski definition) is 1. The van der Waals surface area contributed by atoms with Crippen molar-refractivity contribution in [1.29, 1.82) is 0 Å². The number of nitrogens with zero attached hydrogens (tertiary/aromatic N) is 3. The van der Waals surface area contributed by atoms with Crippen LogP contribution in [0.4, 0.5) is 5.13 Å². The Hall–Kier alpha value is -1.46. The van der Waals surface area contributed by atoms with Gasteiger partial charge in [-0.1, -0.05) is 6.07 Å². The molecule has 1 N–H and O–H groups in total. The number of thiazole rings is 1. The highest BCUT2D eigenvalue weighted by molar-refractivity contribution is 7.15. The van der Waals surface area contributed by atoms with E-state index in [-0.39, 0.29) is 0 Å². The summed E-state index contributed by atoms with van der Waals surface area (Å²) in [5.41, 5.74) is 1.22. The SMILES string of the molecule is CNc1ncc(CN2CCC(Cc3ccccn3)C2)s1. The van der Waals surface area contributed by atoms with Gasteiger partial charge in [0.2, 0.25) is 0 Å². The molecule has 1 saturated heterocycles. The van der Waals surface area contributed by atoms with Gasteiger partial charge in [0.05, 0.1) is 0 Å². The summed E-state index contributed by atoms with van der Waals surface area (Å²) in [6, 6.07) is 6.18. The van der Waals surface area contributed by atoms with E-state index in [1.807, 2.05) is 25.5 Å². The fourth-order valence-electron chi connectivity index (χ4n) is 2.75. The number of aromatic nitrogens is 2. The van der Waals surface area contributed by atoms with Crippen LogP contribution in [0, 0.1) is 5.92 Å². The van der Waals surface area contributed by atoms with E-state index < -0.39 is 0 Å². The molecule has 0 aliphatic carbocycles. The summed E-state index contributed by atoms with van der Waals surface area (Å²) in [5.74, 6) is 0.738. The van der Waals surface area contributed by atoms with Crippen LogP contribution in [0.3, 0.4) is 0 Å². The third kappa shape index (κ3) is 3.35. The molecule has 2 aromatic rings. The van der Waals surface area contributed by atoms with Crippen molar-refractivity contribution in [2.24, 2.45) is 5.92 Å². The van der Waals surface area contributed by atoms with Crippen LogP contribution in [-0.2, 0) is 13.0 Å². The molecule has 1 atom stereocenters. The standard InChI is InChI=1S/C15H20N4S/c1-16-15-18-9-14(20-15)11-19-7-5-12(10-19)8-13-4-2-3-6-17-13/h2-4,6,9,12H,5,7-8,10-11H2,1H3,(H,16,18). The highest BCUT2D eigenvalue weighted by Crippen LogP contribution is 2.24. The van der Waals surface area contributed by atoms with Crippen molar-refractivity contribution in [1.82, 2.24) is 14.9 Å². The van der Waals surface area contributed by atoms with Gasteiger partial charge in [0, 0.05) is 43.1 Å². The summed E-state index contributed by atoms with van der Waals surface area (Å²) in [6.07, 6.45) is 6.25. The normalized spacial score (nSPS) is 19.4.